The lowest BCUT2D eigenvalue weighted by Gasteiger charge is -2.46. The molecule has 1 saturated heterocycles. The number of hydrogen-bond donors (Lipinski definition) is 5. The predicted octanol–water partition coefficient (Wildman–Crippen LogP) is 4.61. The molecule has 0 bridgehead atoms. The summed E-state index contributed by atoms with van der Waals surface area (Å²) in [6, 6.07) is 13.2. The van der Waals surface area contributed by atoms with Gasteiger partial charge in [0.05, 0.1) is 29.9 Å². The van der Waals surface area contributed by atoms with Gasteiger partial charge in [0.1, 0.15) is 18.1 Å². The van der Waals surface area contributed by atoms with Crippen molar-refractivity contribution in [1.29, 1.82) is 0 Å². The summed E-state index contributed by atoms with van der Waals surface area (Å²) in [6.07, 6.45) is 10.4. The average molecular weight is 884 g/mol. The quantitative estimate of drug-likeness (QED) is 0.151. The standard InChI is InChI=1S/C49H69N7O8/c1-32(42(50)59)52-43(60)33(2)53-44(61)34(3)54-46(63)47(4,5)31-64-48(6,7)22-20-40(57)55-28-25-49(26-29-55)23-18-37(19-24-49)45(62)51-27-21-41(58)56-30-38-14-9-8-12-35(38)16-17-36-13-10-11-15-39(36)56/h8-17,32-34,37H,18-31H2,1-7H3,(H2,50,59)(H,51,62)(H,52,60)(H,53,61)(H,54,63)/b17-16-/t32-,33-,34-/m0/s1. The first kappa shape index (κ1) is 49.4. The molecular formula is C49H69N7O8. The van der Waals surface area contributed by atoms with Crippen molar-refractivity contribution < 1.29 is 38.3 Å². The zero-order valence-corrected chi connectivity index (χ0v) is 38.7. The van der Waals surface area contributed by atoms with Gasteiger partial charge in [-0.05, 0) is 122 Å². The Balaban J connectivity index is 0.988. The number of para-hydroxylation sites is 1. The van der Waals surface area contributed by atoms with Crippen LogP contribution in [-0.4, -0.2) is 96.2 Å². The molecule has 2 fully saturated rings. The van der Waals surface area contributed by atoms with Crippen LogP contribution in [-0.2, 0) is 44.8 Å². The Morgan fingerprint density at radius 1 is 0.750 bits per heavy atom. The van der Waals surface area contributed by atoms with Gasteiger partial charge in [0.25, 0.3) is 0 Å². The van der Waals surface area contributed by atoms with Crippen LogP contribution in [0, 0.1) is 16.7 Å². The molecule has 1 aliphatic carbocycles. The normalized spacial score (nSPS) is 18.2. The molecule has 5 rings (SSSR count). The highest BCUT2D eigenvalue weighted by atomic mass is 16.5. The van der Waals surface area contributed by atoms with Crippen molar-refractivity contribution in [2.45, 2.75) is 137 Å². The van der Waals surface area contributed by atoms with E-state index in [1.54, 1.807) is 13.8 Å². The molecule has 3 aliphatic rings. The van der Waals surface area contributed by atoms with Gasteiger partial charge in [-0.2, -0.15) is 0 Å². The lowest BCUT2D eigenvalue weighted by Crippen LogP contribution is -2.55. The SMILES string of the molecule is C[C@H](NC(=O)[C@H](C)NC(=O)[C@H](C)NC(=O)C(C)(C)COC(C)(C)CCC(=O)N1CCC2(CCC(C(=O)NCCC(=O)N3Cc4ccccc4/C=C\c4ccccc43)CC2)CC1)C(N)=O. The molecule has 0 unspecified atom stereocenters. The summed E-state index contributed by atoms with van der Waals surface area (Å²) in [4.78, 5) is 93.5. The zero-order valence-electron chi connectivity index (χ0n) is 38.7. The van der Waals surface area contributed by atoms with E-state index in [4.69, 9.17) is 10.5 Å². The fraction of sp³-hybridized carbons (Fsp3) is 0.571. The summed E-state index contributed by atoms with van der Waals surface area (Å²) in [6.45, 7) is 13.7. The van der Waals surface area contributed by atoms with Gasteiger partial charge < -0.3 is 41.5 Å². The Morgan fingerprint density at radius 2 is 1.33 bits per heavy atom. The van der Waals surface area contributed by atoms with Gasteiger partial charge in [-0.25, -0.2) is 0 Å². The van der Waals surface area contributed by atoms with Gasteiger partial charge in [0, 0.05) is 38.4 Å². The third kappa shape index (κ3) is 13.2. The minimum Gasteiger partial charge on any atom is -0.374 e. The van der Waals surface area contributed by atoms with Gasteiger partial charge in [0.2, 0.25) is 41.4 Å². The summed E-state index contributed by atoms with van der Waals surface area (Å²) in [5.41, 5.74) is 7.59. The van der Waals surface area contributed by atoms with Crippen LogP contribution in [0.15, 0.2) is 48.5 Å². The molecule has 6 N–H and O–H groups in total. The van der Waals surface area contributed by atoms with E-state index >= 15 is 0 Å². The summed E-state index contributed by atoms with van der Waals surface area (Å²) >= 11 is 0. The van der Waals surface area contributed by atoms with Crippen LogP contribution in [0.4, 0.5) is 5.69 Å². The number of likely N-dealkylation sites (tertiary alicyclic amines) is 1. The lowest BCUT2D eigenvalue weighted by atomic mass is 9.65. The lowest BCUT2D eigenvalue weighted by molar-refractivity contribution is -0.142. The smallest absolute Gasteiger partial charge is 0.242 e. The highest BCUT2D eigenvalue weighted by molar-refractivity contribution is 5.97. The monoisotopic (exact) mass is 884 g/mol. The number of hydrogen-bond acceptors (Lipinski definition) is 8. The number of carbonyl (C=O) groups is 7. The van der Waals surface area contributed by atoms with Crippen molar-refractivity contribution in [3.8, 4) is 0 Å². The second-order valence-electron chi connectivity index (χ2n) is 19.3. The Kier molecular flexibility index (Phi) is 16.5. The molecule has 0 aromatic heterocycles. The van der Waals surface area contributed by atoms with E-state index in [0.717, 1.165) is 60.9 Å². The molecule has 1 spiro atoms. The van der Waals surface area contributed by atoms with Crippen LogP contribution in [0.25, 0.3) is 12.2 Å². The average Bonchev–Trinajstić information content (AvgIpc) is 3.26. The first-order valence-corrected chi connectivity index (χ1v) is 22.8. The van der Waals surface area contributed by atoms with E-state index < -0.39 is 52.8 Å². The number of piperidine rings is 1. The third-order valence-electron chi connectivity index (χ3n) is 13.2. The van der Waals surface area contributed by atoms with Crippen molar-refractivity contribution in [3.63, 3.8) is 0 Å². The van der Waals surface area contributed by atoms with Gasteiger partial charge in [-0.15, -0.1) is 0 Å². The number of rotatable bonds is 17. The Hall–Kier alpha value is -5.57. The van der Waals surface area contributed by atoms with E-state index in [-0.39, 0.29) is 48.6 Å². The van der Waals surface area contributed by atoms with Gasteiger partial charge in [-0.1, -0.05) is 54.6 Å². The molecule has 7 amide bonds. The first-order chi connectivity index (χ1) is 30.2. The molecule has 1 saturated carbocycles. The van der Waals surface area contributed by atoms with E-state index in [1.807, 2.05) is 72.2 Å². The molecule has 2 aliphatic heterocycles. The van der Waals surface area contributed by atoms with E-state index in [1.165, 1.54) is 20.8 Å². The third-order valence-corrected chi connectivity index (χ3v) is 13.2. The topological polar surface area (TPSA) is 209 Å². The second kappa shape index (κ2) is 21.4. The maximum Gasteiger partial charge on any atom is 0.242 e. The molecule has 348 valence electrons. The largest absolute Gasteiger partial charge is 0.374 e. The van der Waals surface area contributed by atoms with Crippen molar-refractivity contribution in [2.75, 3.05) is 31.1 Å². The molecule has 2 aromatic rings. The maximum atomic E-state index is 13.6. The molecule has 15 nitrogen and oxygen atoms in total. The highest BCUT2D eigenvalue weighted by Crippen LogP contribution is 2.46. The summed E-state index contributed by atoms with van der Waals surface area (Å²) in [5.74, 6) is -2.33. The Bertz CT molecular complexity index is 2060. The molecule has 2 aromatic carbocycles. The number of benzene rings is 2. The van der Waals surface area contributed by atoms with E-state index in [0.29, 0.717) is 32.5 Å². The summed E-state index contributed by atoms with van der Waals surface area (Å²) in [7, 11) is 0. The number of carbonyl (C=O) groups excluding carboxylic acids is 7. The highest BCUT2D eigenvalue weighted by Gasteiger charge is 2.41. The van der Waals surface area contributed by atoms with Gasteiger partial charge >= 0.3 is 0 Å². The molecular weight excluding hydrogens is 815 g/mol. The van der Waals surface area contributed by atoms with Crippen LogP contribution in [0.3, 0.4) is 0 Å². The molecule has 64 heavy (non-hydrogen) atoms. The van der Waals surface area contributed by atoms with Gasteiger partial charge in [0.15, 0.2) is 0 Å². The van der Waals surface area contributed by atoms with E-state index in [2.05, 4.69) is 33.4 Å². The minimum absolute atomic E-state index is 0.00927. The maximum absolute atomic E-state index is 13.6. The number of nitrogens with two attached hydrogens (primary N) is 1. The Morgan fingerprint density at radius 3 is 1.98 bits per heavy atom. The number of nitrogens with zero attached hydrogens (tertiary/aromatic N) is 2. The minimum atomic E-state index is -1.01. The van der Waals surface area contributed by atoms with Crippen LogP contribution >= 0.6 is 0 Å². The van der Waals surface area contributed by atoms with Crippen molar-refractivity contribution in [2.24, 2.45) is 22.5 Å². The number of ether oxygens (including phenoxy) is 1. The number of primary amides is 1. The molecule has 0 radical (unpaired) electrons. The summed E-state index contributed by atoms with van der Waals surface area (Å²) < 4.78 is 6.19. The van der Waals surface area contributed by atoms with Crippen molar-refractivity contribution in [1.82, 2.24) is 26.2 Å². The number of fused-ring (bicyclic) bond motifs is 2. The van der Waals surface area contributed by atoms with Crippen LogP contribution in [0.1, 0.15) is 123 Å². The zero-order chi connectivity index (χ0) is 46.8. The predicted molar refractivity (Wildman–Crippen MR) is 246 cm³/mol. The molecule has 15 heteroatoms. The van der Waals surface area contributed by atoms with Crippen molar-refractivity contribution >= 4 is 59.2 Å². The van der Waals surface area contributed by atoms with Crippen LogP contribution in [0.2, 0.25) is 0 Å². The van der Waals surface area contributed by atoms with Crippen LogP contribution < -0.4 is 31.9 Å². The van der Waals surface area contributed by atoms with Crippen molar-refractivity contribution in [3.05, 3.63) is 65.2 Å². The molecule has 2 heterocycles. The number of nitrogens with one attached hydrogen (secondary N) is 4. The van der Waals surface area contributed by atoms with E-state index in [9.17, 15) is 33.6 Å². The summed E-state index contributed by atoms with van der Waals surface area (Å²) in [5, 5.41) is 10.7. The molecule has 3 atom stereocenters. The fourth-order valence-corrected chi connectivity index (χ4v) is 8.52. The fourth-order valence-electron chi connectivity index (χ4n) is 8.52. The number of anilines is 1. The Labute approximate surface area is 378 Å². The first-order valence-electron chi connectivity index (χ1n) is 22.8. The van der Waals surface area contributed by atoms with Gasteiger partial charge in [-0.3, -0.25) is 33.6 Å². The second-order valence-corrected chi connectivity index (χ2v) is 19.3. The number of amides is 7. The van der Waals surface area contributed by atoms with Crippen LogP contribution in [0.5, 0.6) is 0 Å².